The van der Waals surface area contributed by atoms with E-state index in [0.717, 1.165) is 31.5 Å². The maximum atomic E-state index is 14.4. The van der Waals surface area contributed by atoms with E-state index in [-0.39, 0.29) is 11.9 Å². The minimum absolute atomic E-state index is 0.173. The van der Waals surface area contributed by atoms with E-state index in [1.165, 1.54) is 0 Å². The Morgan fingerprint density at radius 2 is 2.14 bits per heavy atom. The number of aryl methyl sites for hydroxylation is 1. The molecule has 0 aliphatic carbocycles. The van der Waals surface area contributed by atoms with Crippen LogP contribution in [0.2, 0.25) is 0 Å². The van der Waals surface area contributed by atoms with Crippen LogP contribution in [0.3, 0.4) is 0 Å². The SMILES string of the molecule is CCCNC(c1cnn(CCC)c1)c1cccc(Br)c1F. The molecule has 5 heteroatoms. The molecular weight excluding hydrogens is 333 g/mol. The molecule has 21 heavy (non-hydrogen) atoms. The van der Waals surface area contributed by atoms with Crippen LogP contribution in [-0.2, 0) is 6.54 Å². The Kier molecular flexibility index (Phi) is 5.94. The predicted molar refractivity (Wildman–Crippen MR) is 86.8 cm³/mol. The second-order valence-electron chi connectivity index (χ2n) is 5.07. The van der Waals surface area contributed by atoms with Crippen LogP contribution in [0.15, 0.2) is 35.1 Å². The molecule has 0 radical (unpaired) electrons. The summed E-state index contributed by atoms with van der Waals surface area (Å²) < 4.78 is 16.8. The zero-order chi connectivity index (χ0) is 15.2. The summed E-state index contributed by atoms with van der Waals surface area (Å²) in [5, 5.41) is 7.77. The van der Waals surface area contributed by atoms with Crippen LogP contribution in [0, 0.1) is 5.82 Å². The maximum absolute atomic E-state index is 14.4. The molecule has 2 aromatic rings. The molecule has 0 saturated heterocycles. The van der Waals surface area contributed by atoms with Gasteiger partial charge in [0.25, 0.3) is 0 Å². The van der Waals surface area contributed by atoms with Gasteiger partial charge in [0.15, 0.2) is 0 Å². The van der Waals surface area contributed by atoms with Gasteiger partial charge >= 0.3 is 0 Å². The maximum Gasteiger partial charge on any atom is 0.142 e. The minimum atomic E-state index is -0.214. The summed E-state index contributed by atoms with van der Waals surface area (Å²) in [7, 11) is 0. The van der Waals surface area contributed by atoms with Crippen molar-refractivity contribution in [1.82, 2.24) is 15.1 Å². The van der Waals surface area contributed by atoms with E-state index in [4.69, 9.17) is 0 Å². The van der Waals surface area contributed by atoms with Crippen molar-refractivity contribution in [1.29, 1.82) is 0 Å². The van der Waals surface area contributed by atoms with Crippen molar-refractivity contribution in [3.63, 3.8) is 0 Å². The van der Waals surface area contributed by atoms with E-state index in [9.17, 15) is 4.39 Å². The molecule has 1 aromatic carbocycles. The van der Waals surface area contributed by atoms with Crippen molar-refractivity contribution in [3.05, 3.63) is 52.0 Å². The second kappa shape index (κ2) is 7.71. The van der Waals surface area contributed by atoms with Crippen molar-refractivity contribution >= 4 is 15.9 Å². The summed E-state index contributed by atoms with van der Waals surface area (Å²) in [5.41, 5.74) is 1.64. The summed E-state index contributed by atoms with van der Waals surface area (Å²) in [4.78, 5) is 0. The lowest BCUT2D eigenvalue weighted by Gasteiger charge is -2.18. The molecule has 0 aliphatic rings. The van der Waals surface area contributed by atoms with Gasteiger partial charge in [0.05, 0.1) is 16.7 Å². The Hall–Kier alpha value is -1.20. The van der Waals surface area contributed by atoms with Crippen molar-refractivity contribution < 1.29 is 4.39 Å². The monoisotopic (exact) mass is 353 g/mol. The topological polar surface area (TPSA) is 29.9 Å². The number of nitrogens with one attached hydrogen (secondary N) is 1. The number of halogens is 2. The third kappa shape index (κ3) is 3.92. The Labute approximate surface area is 133 Å². The summed E-state index contributed by atoms with van der Waals surface area (Å²) >= 11 is 3.26. The van der Waals surface area contributed by atoms with Gasteiger partial charge in [0.1, 0.15) is 5.82 Å². The molecule has 0 bridgehead atoms. The van der Waals surface area contributed by atoms with Gasteiger partial charge in [-0.05, 0) is 41.4 Å². The highest BCUT2D eigenvalue weighted by Crippen LogP contribution is 2.28. The molecule has 1 N–H and O–H groups in total. The van der Waals surface area contributed by atoms with Gasteiger partial charge in [-0.1, -0.05) is 26.0 Å². The van der Waals surface area contributed by atoms with Crippen molar-refractivity contribution in [2.45, 2.75) is 39.3 Å². The second-order valence-corrected chi connectivity index (χ2v) is 5.92. The summed E-state index contributed by atoms with van der Waals surface area (Å²) in [5.74, 6) is -0.214. The third-order valence-electron chi connectivity index (χ3n) is 3.33. The zero-order valence-electron chi connectivity index (χ0n) is 12.4. The molecule has 0 saturated carbocycles. The van der Waals surface area contributed by atoms with E-state index in [2.05, 4.69) is 40.2 Å². The Morgan fingerprint density at radius 3 is 2.86 bits per heavy atom. The van der Waals surface area contributed by atoms with Crippen molar-refractivity contribution in [3.8, 4) is 0 Å². The summed E-state index contributed by atoms with van der Waals surface area (Å²) in [6, 6.07) is 5.23. The Bertz CT molecular complexity index is 583. The largest absolute Gasteiger partial charge is 0.306 e. The van der Waals surface area contributed by atoms with Gasteiger partial charge in [-0.2, -0.15) is 5.10 Å². The summed E-state index contributed by atoms with van der Waals surface area (Å²) in [6.45, 7) is 5.92. The molecule has 0 fully saturated rings. The molecule has 1 heterocycles. The van der Waals surface area contributed by atoms with Gasteiger partial charge in [-0.15, -0.1) is 0 Å². The first kappa shape index (κ1) is 16.2. The number of aromatic nitrogens is 2. The molecule has 0 amide bonds. The van der Waals surface area contributed by atoms with Crippen molar-refractivity contribution in [2.75, 3.05) is 6.54 Å². The predicted octanol–water partition coefficient (Wildman–Crippen LogP) is 4.28. The van der Waals surface area contributed by atoms with Crippen LogP contribution in [0.5, 0.6) is 0 Å². The van der Waals surface area contributed by atoms with Crippen LogP contribution in [0.4, 0.5) is 4.39 Å². The standard InChI is InChI=1S/C16H21BrFN3/c1-3-8-19-16(12-10-20-21(11-12)9-4-2)13-6-5-7-14(17)15(13)18/h5-7,10-11,16,19H,3-4,8-9H2,1-2H3. The highest BCUT2D eigenvalue weighted by Gasteiger charge is 2.20. The molecule has 1 atom stereocenters. The number of hydrogen-bond donors (Lipinski definition) is 1. The van der Waals surface area contributed by atoms with E-state index in [1.54, 1.807) is 6.07 Å². The summed E-state index contributed by atoms with van der Waals surface area (Å²) in [6.07, 6.45) is 5.84. The lowest BCUT2D eigenvalue weighted by molar-refractivity contribution is 0.542. The molecule has 114 valence electrons. The van der Waals surface area contributed by atoms with Gasteiger partial charge in [0, 0.05) is 23.9 Å². The quantitative estimate of drug-likeness (QED) is 0.804. The van der Waals surface area contributed by atoms with Gasteiger partial charge in [0.2, 0.25) is 0 Å². The fraction of sp³-hybridized carbons (Fsp3) is 0.438. The number of rotatable bonds is 7. The normalized spacial score (nSPS) is 12.6. The first-order chi connectivity index (χ1) is 10.2. The average molecular weight is 354 g/mol. The lowest BCUT2D eigenvalue weighted by Crippen LogP contribution is -2.24. The number of nitrogens with zero attached hydrogens (tertiary/aromatic N) is 2. The van der Waals surface area contributed by atoms with E-state index in [0.29, 0.717) is 10.0 Å². The molecule has 2 rings (SSSR count). The van der Waals surface area contributed by atoms with E-state index < -0.39 is 0 Å². The average Bonchev–Trinajstić information content (AvgIpc) is 2.92. The lowest BCUT2D eigenvalue weighted by atomic mass is 10.0. The first-order valence-electron chi connectivity index (χ1n) is 7.37. The molecular formula is C16H21BrFN3. The molecule has 1 unspecified atom stereocenters. The zero-order valence-corrected chi connectivity index (χ0v) is 14.0. The fourth-order valence-corrected chi connectivity index (χ4v) is 2.70. The number of hydrogen-bond acceptors (Lipinski definition) is 2. The molecule has 0 spiro atoms. The van der Waals surface area contributed by atoms with Gasteiger partial charge in [-0.3, -0.25) is 4.68 Å². The van der Waals surface area contributed by atoms with Crippen LogP contribution in [0.1, 0.15) is 43.9 Å². The van der Waals surface area contributed by atoms with E-state index >= 15 is 0 Å². The van der Waals surface area contributed by atoms with Gasteiger partial charge < -0.3 is 5.32 Å². The highest BCUT2D eigenvalue weighted by atomic mass is 79.9. The van der Waals surface area contributed by atoms with E-state index in [1.807, 2.05) is 29.2 Å². The highest BCUT2D eigenvalue weighted by molar-refractivity contribution is 9.10. The van der Waals surface area contributed by atoms with Crippen molar-refractivity contribution in [2.24, 2.45) is 0 Å². The molecule has 1 aromatic heterocycles. The molecule has 0 aliphatic heterocycles. The smallest absolute Gasteiger partial charge is 0.142 e. The first-order valence-corrected chi connectivity index (χ1v) is 8.16. The van der Waals surface area contributed by atoms with Crippen LogP contribution < -0.4 is 5.32 Å². The number of benzene rings is 1. The molecule has 3 nitrogen and oxygen atoms in total. The third-order valence-corrected chi connectivity index (χ3v) is 3.94. The van der Waals surface area contributed by atoms with Crippen LogP contribution in [0.25, 0.3) is 0 Å². The minimum Gasteiger partial charge on any atom is -0.306 e. The Morgan fingerprint density at radius 1 is 1.33 bits per heavy atom. The fourth-order valence-electron chi connectivity index (χ4n) is 2.32. The van der Waals surface area contributed by atoms with Crippen LogP contribution >= 0.6 is 15.9 Å². The Balaban J connectivity index is 2.34. The van der Waals surface area contributed by atoms with Crippen LogP contribution in [-0.4, -0.2) is 16.3 Å². The van der Waals surface area contributed by atoms with Gasteiger partial charge in [-0.25, -0.2) is 4.39 Å².